The molecule has 0 aliphatic rings. The molecule has 372 valence electrons. The molecule has 0 unspecified atom stereocenters. The molecule has 0 radical (unpaired) electrons. The number of nitrogens with zero attached hydrogens (tertiary/aromatic N) is 4. The number of hydrogen-bond donors (Lipinski definition) is 4. The summed E-state index contributed by atoms with van der Waals surface area (Å²) in [6.07, 6.45) is 8.83. The van der Waals surface area contributed by atoms with Crippen LogP contribution in [0.1, 0.15) is 122 Å². The van der Waals surface area contributed by atoms with Crippen molar-refractivity contribution < 1.29 is 33.8 Å². The zero-order valence-corrected chi connectivity index (χ0v) is 41.9. The number of carbonyl (C=O) groups excluding carboxylic acids is 2. The monoisotopic (exact) mass is 986 g/mol. The highest BCUT2D eigenvalue weighted by molar-refractivity contribution is 6.33. The van der Waals surface area contributed by atoms with Crippen LogP contribution in [0.4, 0.5) is 4.39 Å². The van der Waals surface area contributed by atoms with Gasteiger partial charge in [-0.1, -0.05) is 51.4 Å². The molecule has 2 aromatic carbocycles. The van der Waals surface area contributed by atoms with Crippen molar-refractivity contribution in [2.45, 2.75) is 112 Å². The van der Waals surface area contributed by atoms with Gasteiger partial charge in [0.05, 0.1) is 24.9 Å². The van der Waals surface area contributed by atoms with E-state index in [1.54, 1.807) is 69.7 Å². The van der Waals surface area contributed by atoms with Gasteiger partial charge in [0.25, 0.3) is 11.1 Å². The summed E-state index contributed by atoms with van der Waals surface area (Å²) in [5.41, 5.74) is 5.99. The van der Waals surface area contributed by atoms with Gasteiger partial charge in [0.15, 0.2) is 0 Å². The van der Waals surface area contributed by atoms with E-state index < -0.39 is 72.1 Å². The quantitative estimate of drug-likeness (QED) is 0.0571. The number of carbonyl (C=O) groups is 4. The minimum Gasteiger partial charge on any atom is -0.481 e. The number of benzene rings is 2. The maximum Gasteiger partial charge on any atom is 0.305 e. The normalized spacial score (nSPS) is 13.1. The minimum atomic E-state index is -1.17. The van der Waals surface area contributed by atoms with E-state index in [1.165, 1.54) is 45.9 Å². The second-order valence-corrected chi connectivity index (χ2v) is 19.5. The van der Waals surface area contributed by atoms with E-state index in [1.807, 2.05) is 46.8 Å². The Morgan fingerprint density at radius 1 is 0.662 bits per heavy atom. The van der Waals surface area contributed by atoms with Crippen LogP contribution in [0.3, 0.4) is 0 Å². The van der Waals surface area contributed by atoms with Gasteiger partial charge in [0, 0.05) is 77.4 Å². The highest BCUT2D eigenvalue weighted by Crippen LogP contribution is 2.35. The molecule has 4 atom stereocenters. The van der Waals surface area contributed by atoms with Gasteiger partial charge in [-0.15, -0.1) is 0 Å². The molecule has 0 spiro atoms. The third-order valence-corrected chi connectivity index (χ3v) is 12.8. The summed E-state index contributed by atoms with van der Waals surface area (Å²) < 4.78 is 18.7. The highest BCUT2D eigenvalue weighted by Gasteiger charge is 2.30. The molecule has 4 N–H and O–H groups in total. The number of halogens is 2. The van der Waals surface area contributed by atoms with Gasteiger partial charge in [-0.05, 0) is 139 Å². The van der Waals surface area contributed by atoms with E-state index in [-0.39, 0.29) is 30.2 Å². The summed E-state index contributed by atoms with van der Waals surface area (Å²) in [5.74, 6) is -3.97. The average Bonchev–Trinajstić information content (AvgIpc) is 3.28. The van der Waals surface area contributed by atoms with Crippen LogP contribution in [0, 0.1) is 45.3 Å². The standard InChI is InChI=1S/C55H60ClFN6O8/c1-30(2)16-46(62-14-12-32(5)18-48(62)64)54(70)60-44(24-50(66)67)37-22-39(28-58-26-37)52-34(7)19-43(57)41(35(52)8)20-36-13-15-63(49(65)21-36)47(17-31(3)4)55(71)61-45(25-51(68)69)38-23-40(29-59-27-38)53-33(6)10-9-11-42(53)56/h9-15,18-19,21-23,26-31,44-47H,16-17,20,24-25H2,1-8H3,(H,60,70)(H,61,71)(H,66,67)(H,68,69)/t44-,45-,46+,47-/m0/s1. The van der Waals surface area contributed by atoms with E-state index in [0.29, 0.717) is 61.5 Å². The largest absolute Gasteiger partial charge is 0.481 e. The first-order chi connectivity index (χ1) is 33.6. The van der Waals surface area contributed by atoms with Crippen molar-refractivity contribution in [1.82, 2.24) is 29.7 Å². The number of aryl methyl sites for hydroxylation is 3. The summed E-state index contributed by atoms with van der Waals surface area (Å²) >= 11 is 6.55. The molecule has 0 aliphatic heterocycles. The second kappa shape index (κ2) is 23.1. The van der Waals surface area contributed by atoms with Crippen LogP contribution >= 0.6 is 11.6 Å². The van der Waals surface area contributed by atoms with Crippen molar-refractivity contribution in [3.63, 3.8) is 0 Å². The van der Waals surface area contributed by atoms with E-state index in [4.69, 9.17) is 11.6 Å². The first-order valence-corrected chi connectivity index (χ1v) is 23.9. The van der Waals surface area contributed by atoms with Crippen LogP contribution in [0.5, 0.6) is 0 Å². The maximum atomic E-state index is 16.1. The van der Waals surface area contributed by atoms with Crippen LogP contribution < -0.4 is 21.8 Å². The summed E-state index contributed by atoms with van der Waals surface area (Å²) in [6.45, 7) is 14.8. The van der Waals surface area contributed by atoms with Gasteiger partial charge in [-0.25, -0.2) is 4.39 Å². The number of amides is 2. The van der Waals surface area contributed by atoms with E-state index in [9.17, 15) is 39.0 Å². The summed E-state index contributed by atoms with van der Waals surface area (Å²) in [4.78, 5) is 88.4. The Labute approximate surface area is 417 Å². The SMILES string of the molecule is Cc1ccn([C@H](CC(C)C)C(=O)N[C@@H](CC(=O)O)c2cncc(-c3c(C)cc(F)c(Cc4ccn([C@@H](CC(C)C)C(=O)N[C@@H](CC(=O)O)c5cncc(-c6c(C)cccc6Cl)c5)c(=O)c4)c3C)c2)c(=O)c1. The fraction of sp³-hybridized carbons (Fsp3) is 0.345. The number of nitrogens with one attached hydrogen (secondary N) is 2. The van der Waals surface area contributed by atoms with E-state index >= 15 is 4.39 Å². The molecule has 6 aromatic rings. The number of rotatable bonds is 20. The van der Waals surface area contributed by atoms with Crippen molar-refractivity contribution in [3.8, 4) is 22.3 Å². The lowest BCUT2D eigenvalue weighted by molar-refractivity contribution is -0.139. The number of hydrogen-bond acceptors (Lipinski definition) is 8. The summed E-state index contributed by atoms with van der Waals surface area (Å²) in [5, 5.41) is 26.1. The smallest absolute Gasteiger partial charge is 0.305 e. The molecule has 0 aliphatic carbocycles. The Morgan fingerprint density at radius 3 is 1.65 bits per heavy atom. The molecule has 2 amide bonds. The zero-order chi connectivity index (χ0) is 51.8. The number of aliphatic carboxylic acids is 2. The fourth-order valence-electron chi connectivity index (χ4n) is 9.13. The van der Waals surface area contributed by atoms with Crippen molar-refractivity contribution in [2.75, 3.05) is 0 Å². The lowest BCUT2D eigenvalue weighted by Crippen LogP contribution is -2.40. The fourth-order valence-corrected chi connectivity index (χ4v) is 9.46. The van der Waals surface area contributed by atoms with Crippen molar-refractivity contribution >= 4 is 35.4 Å². The van der Waals surface area contributed by atoms with Gasteiger partial charge in [0.2, 0.25) is 11.8 Å². The Kier molecular flexibility index (Phi) is 17.3. The molecule has 4 heterocycles. The Morgan fingerprint density at radius 2 is 1.17 bits per heavy atom. The molecule has 14 nitrogen and oxygen atoms in total. The topological polar surface area (TPSA) is 203 Å². The van der Waals surface area contributed by atoms with Crippen molar-refractivity contribution in [3.05, 3.63) is 174 Å². The number of pyridine rings is 4. The molecule has 71 heavy (non-hydrogen) atoms. The van der Waals surface area contributed by atoms with Crippen LogP contribution in [-0.2, 0) is 25.6 Å². The first kappa shape index (κ1) is 53.1. The summed E-state index contributed by atoms with van der Waals surface area (Å²) in [6, 6.07) is 12.5. The number of carboxylic acid groups (broad SMARTS) is 2. The molecular weight excluding hydrogens is 927 g/mol. The highest BCUT2D eigenvalue weighted by atomic mass is 35.5. The molecule has 0 saturated carbocycles. The Hall–Kier alpha value is -7.26. The van der Waals surface area contributed by atoms with Crippen molar-refractivity contribution in [2.24, 2.45) is 11.8 Å². The number of carboxylic acids is 2. The molecule has 0 bridgehead atoms. The van der Waals surface area contributed by atoms with E-state index in [2.05, 4.69) is 20.6 Å². The zero-order valence-electron chi connectivity index (χ0n) is 41.1. The molecular formula is C55H60ClFN6O8. The molecule has 0 saturated heterocycles. The van der Waals surface area contributed by atoms with Crippen molar-refractivity contribution in [1.29, 1.82) is 0 Å². The third-order valence-electron chi connectivity index (χ3n) is 12.5. The predicted molar refractivity (Wildman–Crippen MR) is 271 cm³/mol. The molecule has 0 fully saturated rings. The first-order valence-electron chi connectivity index (χ1n) is 23.5. The van der Waals surface area contributed by atoms with Gasteiger partial charge >= 0.3 is 11.9 Å². The van der Waals surface area contributed by atoms with Gasteiger partial charge in [-0.2, -0.15) is 0 Å². The maximum absolute atomic E-state index is 16.1. The Bertz CT molecular complexity index is 3070. The minimum absolute atomic E-state index is 0.00254. The molecule has 4 aromatic heterocycles. The van der Waals surface area contributed by atoms with Crippen LogP contribution in [-0.4, -0.2) is 53.1 Å². The lowest BCUT2D eigenvalue weighted by Gasteiger charge is -2.25. The molecule has 16 heteroatoms. The summed E-state index contributed by atoms with van der Waals surface area (Å²) in [7, 11) is 0. The Balaban J connectivity index is 1.28. The van der Waals surface area contributed by atoms with Crippen LogP contribution in [0.25, 0.3) is 22.3 Å². The van der Waals surface area contributed by atoms with Gasteiger partial charge < -0.3 is 30.0 Å². The van der Waals surface area contributed by atoms with Crippen LogP contribution in [0.15, 0.2) is 107 Å². The molecule has 6 rings (SSSR count). The lowest BCUT2D eigenvalue weighted by atomic mass is 9.89. The van der Waals surface area contributed by atoms with E-state index in [0.717, 1.165) is 16.7 Å². The third kappa shape index (κ3) is 13.1. The van der Waals surface area contributed by atoms with Gasteiger partial charge in [-0.3, -0.25) is 38.7 Å². The van der Waals surface area contributed by atoms with Gasteiger partial charge in [0.1, 0.15) is 17.9 Å². The second-order valence-electron chi connectivity index (χ2n) is 19.1. The number of aromatic nitrogens is 4. The average molecular weight is 988 g/mol. The van der Waals surface area contributed by atoms with Crippen LogP contribution in [0.2, 0.25) is 5.02 Å². The predicted octanol–water partition coefficient (Wildman–Crippen LogP) is 9.59.